The molecule has 0 atom stereocenters. The first-order valence-electron chi connectivity index (χ1n) is 12.8. The second-order valence-corrected chi connectivity index (χ2v) is 12.9. The van der Waals surface area contributed by atoms with Gasteiger partial charge in [-0.15, -0.1) is 0 Å². The first-order valence-corrected chi connectivity index (χ1v) is 14.8. The zero-order valence-electron chi connectivity index (χ0n) is 21.0. The van der Waals surface area contributed by atoms with Gasteiger partial charge in [-0.1, -0.05) is 31.4 Å². The number of benzene rings is 1. The van der Waals surface area contributed by atoms with Crippen LogP contribution in [0.1, 0.15) is 58.2 Å². The van der Waals surface area contributed by atoms with E-state index in [1.54, 1.807) is 0 Å². The molecule has 1 aromatic carbocycles. The summed E-state index contributed by atoms with van der Waals surface area (Å²) >= 11 is 0. The van der Waals surface area contributed by atoms with Crippen LogP contribution in [-0.2, 0) is 9.84 Å². The Balaban J connectivity index is 1.39. The third kappa shape index (κ3) is 5.15. The molecule has 0 radical (unpaired) electrons. The van der Waals surface area contributed by atoms with Gasteiger partial charge < -0.3 is 9.47 Å². The highest BCUT2D eigenvalue weighted by Crippen LogP contribution is 2.34. The van der Waals surface area contributed by atoms with Crippen molar-refractivity contribution >= 4 is 32.5 Å². The van der Waals surface area contributed by atoms with E-state index in [2.05, 4.69) is 64.8 Å². The van der Waals surface area contributed by atoms with Gasteiger partial charge in [-0.05, 0) is 74.8 Å². The molecule has 0 amide bonds. The molecule has 1 aliphatic heterocycles. The molecule has 1 saturated heterocycles. The number of anilines is 1. The van der Waals surface area contributed by atoms with Crippen LogP contribution in [0.2, 0.25) is 0 Å². The summed E-state index contributed by atoms with van der Waals surface area (Å²) in [5.74, 6) is 3.11. The average molecular weight is 493 g/mol. The summed E-state index contributed by atoms with van der Waals surface area (Å²) < 4.78 is 26.0. The SMILES string of the molecule is C/C(=C/c1nccc(-n2ccc3c(N4CCC(S(C)(=O)=O)CC4)cccc32)n1)C1CCC(C)CC1. The molecule has 2 fully saturated rings. The lowest BCUT2D eigenvalue weighted by Gasteiger charge is -2.33. The first kappa shape index (κ1) is 24.0. The van der Waals surface area contributed by atoms with Crippen molar-refractivity contribution < 1.29 is 8.42 Å². The molecule has 0 N–H and O–H groups in total. The van der Waals surface area contributed by atoms with Crippen molar-refractivity contribution in [1.82, 2.24) is 14.5 Å². The third-order valence-corrected chi connectivity index (χ3v) is 9.70. The van der Waals surface area contributed by atoms with Gasteiger partial charge >= 0.3 is 0 Å². The fraction of sp³-hybridized carbons (Fsp3) is 0.500. The van der Waals surface area contributed by atoms with Gasteiger partial charge in [-0.3, -0.25) is 0 Å². The van der Waals surface area contributed by atoms with Crippen LogP contribution in [0.4, 0.5) is 5.69 Å². The van der Waals surface area contributed by atoms with E-state index in [1.807, 2.05) is 12.3 Å². The smallest absolute Gasteiger partial charge is 0.154 e. The molecule has 186 valence electrons. The highest BCUT2D eigenvalue weighted by molar-refractivity contribution is 7.91. The summed E-state index contributed by atoms with van der Waals surface area (Å²) in [4.78, 5) is 11.7. The van der Waals surface area contributed by atoms with Crippen molar-refractivity contribution in [2.24, 2.45) is 11.8 Å². The largest absolute Gasteiger partial charge is 0.371 e. The molecule has 2 aliphatic rings. The Morgan fingerprint density at radius 1 is 1.03 bits per heavy atom. The van der Waals surface area contributed by atoms with Gasteiger partial charge in [-0.25, -0.2) is 18.4 Å². The number of allylic oxidation sites excluding steroid dienone is 1. The zero-order chi connectivity index (χ0) is 24.6. The minimum atomic E-state index is -2.98. The predicted molar refractivity (Wildman–Crippen MR) is 144 cm³/mol. The fourth-order valence-electron chi connectivity index (χ4n) is 5.76. The molecule has 0 unspecified atom stereocenters. The van der Waals surface area contributed by atoms with Crippen molar-refractivity contribution in [3.63, 3.8) is 0 Å². The number of nitrogens with zero attached hydrogens (tertiary/aromatic N) is 4. The Kier molecular flexibility index (Phi) is 6.71. The summed E-state index contributed by atoms with van der Waals surface area (Å²) in [7, 11) is -2.98. The maximum atomic E-state index is 12.0. The number of hydrogen-bond acceptors (Lipinski definition) is 5. The summed E-state index contributed by atoms with van der Waals surface area (Å²) in [6.07, 6.45) is 13.9. The molecule has 3 aromatic rings. The summed E-state index contributed by atoms with van der Waals surface area (Å²) in [6, 6.07) is 10.4. The van der Waals surface area contributed by atoms with Gasteiger partial charge in [-0.2, -0.15) is 0 Å². The van der Waals surface area contributed by atoms with Crippen LogP contribution < -0.4 is 4.90 Å². The Bertz CT molecular complexity index is 1330. The first-order chi connectivity index (χ1) is 16.8. The highest BCUT2D eigenvalue weighted by atomic mass is 32.2. The number of aromatic nitrogens is 3. The molecule has 5 rings (SSSR count). The third-order valence-electron chi connectivity index (χ3n) is 8.02. The molecular weight excluding hydrogens is 456 g/mol. The number of fused-ring (bicyclic) bond motifs is 1. The Hall–Kier alpha value is -2.67. The van der Waals surface area contributed by atoms with Crippen molar-refractivity contribution in [2.45, 2.75) is 57.6 Å². The van der Waals surface area contributed by atoms with Crippen LogP contribution in [0.25, 0.3) is 22.8 Å². The van der Waals surface area contributed by atoms with E-state index >= 15 is 0 Å². The molecule has 1 aliphatic carbocycles. The van der Waals surface area contributed by atoms with E-state index < -0.39 is 9.84 Å². The molecule has 35 heavy (non-hydrogen) atoms. The number of piperidine rings is 1. The van der Waals surface area contributed by atoms with Gasteiger partial charge in [0.05, 0.1) is 10.8 Å². The average Bonchev–Trinajstić information content (AvgIpc) is 3.28. The number of sulfone groups is 1. The van der Waals surface area contributed by atoms with E-state index in [1.165, 1.54) is 37.5 Å². The Morgan fingerprint density at radius 2 is 1.77 bits per heavy atom. The fourth-order valence-corrected chi connectivity index (χ4v) is 6.82. The lowest BCUT2D eigenvalue weighted by atomic mass is 9.79. The van der Waals surface area contributed by atoms with Crippen molar-refractivity contribution in [2.75, 3.05) is 24.2 Å². The van der Waals surface area contributed by atoms with E-state index in [0.29, 0.717) is 18.8 Å². The van der Waals surface area contributed by atoms with E-state index in [9.17, 15) is 8.42 Å². The molecule has 2 aromatic heterocycles. The predicted octanol–water partition coefficient (Wildman–Crippen LogP) is 5.66. The van der Waals surface area contributed by atoms with Gasteiger partial charge in [0.2, 0.25) is 0 Å². The Labute approximate surface area is 209 Å². The normalized spacial score (nSPS) is 22.6. The minimum Gasteiger partial charge on any atom is -0.371 e. The van der Waals surface area contributed by atoms with Gasteiger partial charge in [0.15, 0.2) is 5.82 Å². The molecule has 1 saturated carbocycles. The van der Waals surface area contributed by atoms with Crippen LogP contribution in [-0.4, -0.2) is 47.5 Å². The van der Waals surface area contributed by atoms with Gasteiger partial charge in [0, 0.05) is 42.8 Å². The monoisotopic (exact) mass is 492 g/mol. The molecule has 0 bridgehead atoms. The topological polar surface area (TPSA) is 68.1 Å². The number of rotatable bonds is 5. The second-order valence-electron chi connectivity index (χ2n) is 10.5. The lowest BCUT2D eigenvalue weighted by Crippen LogP contribution is -2.39. The van der Waals surface area contributed by atoms with Crippen LogP contribution in [0.5, 0.6) is 0 Å². The van der Waals surface area contributed by atoms with Crippen LogP contribution >= 0.6 is 0 Å². The van der Waals surface area contributed by atoms with Crippen molar-refractivity contribution in [1.29, 1.82) is 0 Å². The summed E-state index contributed by atoms with van der Waals surface area (Å²) in [5, 5.41) is 0.934. The summed E-state index contributed by atoms with van der Waals surface area (Å²) in [6.45, 7) is 6.08. The summed E-state index contributed by atoms with van der Waals surface area (Å²) in [5.41, 5.74) is 3.63. The van der Waals surface area contributed by atoms with Crippen LogP contribution in [0, 0.1) is 11.8 Å². The van der Waals surface area contributed by atoms with Crippen LogP contribution in [0.15, 0.2) is 48.3 Å². The standard InChI is InChI=1S/C28H36N4O2S/c1-20-7-9-22(10-8-20)21(2)19-27-29-15-11-28(30-27)32-18-14-24-25(5-4-6-26(24)32)31-16-12-23(13-17-31)35(3,33)34/h4-6,11,14-15,18-20,22-23H,7-10,12-13,16-17H2,1-3H3/b21-19-. The minimum absolute atomic E-state index is 0.226. The van der Waals surface area contributed by atoms with Gasteiger partial charge in [0.1, 0.15) is 15.7 Å². The molecular formula is C28H36N4O2S. The molecule has 7 heteroatoms. The van der Waals surface area contributed by atoms with Crippen LogP contribution in [0.3, 0.4) is 0 Å². The van der Waals surface area contributed by atoms with Gasteiger partial charge in [0.25, 0.3) is 0 Å². The van der Waals surface area contributed by atoms with E-state index in [-0.39, 0.29) is 5.25 Å². The van der Waals surface area contributed by atoms with Crippen molar-refractivity contribution in [3.8, 4) is 5.82 Å². The van der Waals surface area contributed by atoms with Crippen molar-refractivity contribution in [3.05, 3.63) is 54.1 Å². The highest BCUT2D eigenvalue weighted by Gasteiger charge is 2.27. The van der Waals surface area contributed by atoms with E-state index in [4.69, 9.17) is 4.98 Å². The van der Waals surface area contributed by atoms with E-state index in [0.717, 1.165) is 47.2 Å². The molecule has 0 spiro atoms. The zero-order valence-corrected chi connectivity index (χ0v) is 21.8. The maximum Gasteiger partial charge on any atom is 0.154 e. The Morgan fingerprint density at radius 3 is 2.49 bits per heavy atom. The quantitative estimate of drug-likeness (QED) is 0.459. The number of hydrogen-bond donors (Lipinski definition) is 0. The second kappa shape index (κ2) is 9.76. The molecule has 3 heterocycles. The lowest BCUT2D eigenvalue weighted by molar-refractivity contribution is 0.321. The molecule has 6 nitrogen and oxygen atoms in total. The maximum absolute atomic E-state index is 12.0.